The number of nitrogens with zero attached hydrogens (tertiary/aromatic N) is 3. The molecule has 0 amide bonds. The van der Waals surface area contributed by atoms with Crippen LogP contribution in [0.5, 0.6) is 5.95 Å². The number of aryl methyl sites for hydroxylation is 2. The number of aromatic nitrogens is 3. The molecule has 0 aromatic carbocycles. The van der Waals surface area contributed by atoms with E-state index in [4.69, 9.17) is 4.52 Å². The molecular weight excluding hydrogens is 286 g/mol. The highest BCUT2D eigenvalue weighted by Gasteiger charge is 2.22. The lowest BCUT2D eigenvalue weighted by Crippen LogP contribution is -2.28. The van der Waals surface area contributed by atoms with E-state index in [2.05, 4.69) is 21.1 Å². The predicted octanol–water partition coefficient (Wildman–Crippen LogP) is 1.20. The van der Waals surface area contributed by atoms with Gasteiger partial charge in [-0.3, -0.25) is 15.6 Å². The second kappa shape index (κ2) is 5.36. The zero-order valence-corrected chi connectivity index (χ0v) is 13.6. The van der Waals surface area contributed by atoms with Crippen molar-refractivity contribution in [3.63, 3.8) is 0 Å². The van der Waals surface area contributed by atoms with Crippen molar-refractivity contribution in [2.45, 2.75) is 40.0 Å². The Kier molecular flexibility index (Phi) is 3.87. The molecule has 0 unspecified atom stereocenters. The molecule has 0 saturated carbocycles. The fourth-order valence-corrected chi connectivity index (χ4v) is 2.02. The summed E-state index contributed by atoms with van der Waals surface area (Å²) in [7, 11) is 1.57. The molecule has 2 aromatic heterocycles. The van der Waals surface area contributed by atoms with Crippen molar-refractivity contribution < 1.29 is 9.63 Å². The van der Waals surface area contributed by atoms with E-state index >= 15 is 0 Å². The van der Waals surface area contributed by atoms with Gasteiger partial charge in [0, 0.05) is 18.0 Å². The summed E-state index contributed by atoms with van der Waals surface area (Å²) < 4.78 is 5.95. The van der Waals surface area contributed by atoms with Crippen LogP contribution < -0.4 is 21.5 Å². The highest BCUT2D eigenvalue weighted by atomic mass is 16.6. The van der Waals surface area contributed by atoms with Crippen molar-refractivity contribution in [1.82, 2.24) is 14.9 Å². The molecule has 0 spiro atoms. The van der Waals surface area contributed by atoms with Crippen LogP contribution in [-0.4, -0.2) is 14.9 Å². The minimum atomic E-state index is -0.585. The van der Waals surface area contributed by atoms with Crippen LogP contribution >= 0.6 is 0 Å². The van der Waals surface area contributed by atoms with E-state index in [-0.39, 0.29) is 16.7 Å². The molecule has 2 heterocycles. The number of rotatable bonds is 3. The van der Waals surface area contributed by atoms with E-state index in [0.717, 1.165) is 5.69 Å². The molecule has 2 rings (SSSR count). The Morgan fingerprint density at radius 1 is 1.18 bits per heavy atom. The predicted molar refractivity (Wildman–Crippen MR) is 80.8 cm³/mol. The summed E-state index contributed by atoms with van der Waals surface area (Å²) in [5.41, 5.74) is 7.33. The monoisotopic (exact) mass is 306 g/mol. The fraction of sp³-hybridized carbons (Fsp3) is 0.500. The lowest BCUT2D eigenvalue weighted by molar-refractivity contribution is -0.295. The molecule has 22 heavy (non-hydrogen) atoms. The lowest BCUT2D eigenvalue weighted by Gasteiger charge is -2.20. The molecular formula is C14H20N5O3-. The Morgan fingerprint density at radius 3 is 2.36 bits per heavy atom. The van der Waals surface area contributed by atoms with E-state index < -0.39 is 5.95 Å². The third-order valence-electron chi connectivity index (χ3n) is 3.41. The first kappa shape index (κ1) is 15.9. The first-order valence-corrected chi connectivity index (χ1v) is 6.86. The highest BCUT2D eigenvalue weighted by molar-refractivity contribution is 5.61. The first-order valence-electron chi connectivity index (χ1n) is 6.86. The van der Waals surface area contributed by atoms with Crippen LogP contribution in [0.15, 0.2) is 9.32 Å². The summed E-state index contributed by atoms with van der Waals surface area (Å²) in [6.45, 7) is 9.33. The van der Waals surface area contributed by atoms with E-state index in [1.807, 2.05) is 20.8 Å². The summed E-state index contributed by atoms with van der Waals surface area (Å²) in [6, 6.07) is 0. The van der Waals surface area contributed by atoms with Crippen LogP contribution in [0.3, 0.4) is 0 Å². The molecule has 120 valence electrons. The van der Waals surface area contributed by atoms with Gasteiger partial charge < -0.3 is 9.63 Å². The second-order valence-electron chi connectivity index (χ2n) is 6.21. The Morgan fingerprint density at radius 2 is 1.77 bits per heavy atom. The summed E-state index contributed by atoms with van der Waals surface area (Å²) in [5, 5.41) is 19.7. The summed E-state index contributed by atoms with van der Waals surface area (Å²) in [4.78, 5) is 12.1. The minimum Gasteiger partial charge on any atom is -0.542 e. The van der Waals surface area contributed by atoms with Gasteiger partial charge in [-0.05, 0) is 13.8 Å². The quantitative estimate of drug-likeness (QED) is 0.820. The van der Waals surface area contributed by atoms with Crippen LogP contribution in [-0.2, 0) is 12.5 Å². The fourth-order valence-electron chi connectivity index (χ4n) is 2.02. The maximum Gasteiger partial charge on any atom is 0.291 e. The van der Waals surface area contributed by atoms with Gasteiger partial charge in [-0.2, -0.15) is 10.3 Å². The van der Waals surface area contributed by atoms with Crippen molar-refractivity contribution in [1.29, 1.82) is 0 Å². The zero-order valence-electron chi connectivity index (χ0n) is 13.6. The topological polar surface area (TPSA) is 108 Å². The summed E-state index contributed by atoms with van der Waals surface area (Å²) in [5.74, 6) is -0.585. The molecule has 0 radical (unpaired) electrons. The molecule has 8 heteroatoms. The summed E-state index contributed by atoms with van der Waals surface area (Å²) >= 11 is 0. The number of anilines is 2. The Labute approximate surface area is 128 Å². The Bertz CT molecular complexity index is 755. The number of hydrogen-bond donors (Lipinski definition) is 2. The van der Waals surface area contributed by atoms with Gasteiger partial charge in [0.25, 0.3) is 5.56 Å². The first-order chi connectivity index (χ1) is 10.1. The van der Waals surface area contributed by atoms with Crippen LogP contribution in [0.25, 0.3) is 0 Å². The molecule has 0 atom stereocenters. The maximum absolute atomic E-state index is 12.1. The van der Waals surface area contributed by atoms with E-state index in [1.54, 1.807) is 20.9 Å². The largest absolute Gasteiger partial charge is 0.542 e. The summed E-state index contributed by atoms with van der Waals surface area (Å²) in [6.07, 6.45) is 0. The van der Waals surface area contributed by atoms with E-state index in [0.29, 0.717) is 16.9 Å². The second-order valence-corrected chi connectivity index (χ2v) is 6.21. The molecule has 2 N–H and O–H groups in total. The minimum absolute atomic E-state index is 0.198. The van der Waals surface area contributed by atoms with Gasteiger partial charge >= 0.3 is 0 Å². The standard InChI is InChI=1S/C14H21N5O3/c1-7-8(2)17-19(6)12(20)9(7)15-16-10-11(14(3,4)5)18-22-13(10)21/h15-16,21H,1-6H3/p-1. The van der Waals surface area contributed by atoms with Gasteiger partial charge in [0.2, 0.25) is 0 Å². The van der Waals surface area contributed by atoms with Crippen molar-refractivity contribution in [2.24, 2.45) is 7.05 Å². The lowest BCUT2D eigenvalue weighted by atomic mass is 9.91. The number of hydrogen-bond acceptors (Lipinski definition) is 7. The van der Waals surface area contributed by atoms with Gasteiger partial charge in [-0.15, -0.1) is 0 Å². The van der Waals surface area contributed by atoms with Crippen LogP contribution in [0.4, 0.5) is 11.4 Å². The third kappa shape index (κ3) is 2.76. The van der Waals surface area contributed by atoms with Crippen LogP contribution in [0.2, 0.25) is 0 Å². The number of nitrogens with one attached hydrogen (secondary N) is 2. The van der Waals surface area contributed by atoms with Gasteiger partial charge in [0.1, 0.15) is 17.3 Å². The molecule has 0 aliphatic heterocycles. The molecule has 0 saturated heterocycles. The normalized spacial score (nSPS) is 11.5. The molecule has 0 aliphatic carbocycles. The molecule has 8 nitrogen and oxygen atoms in total. The third-order valence-corrected chi connectivity index (χ3v) is 3.41. The molecule has 0 bridgehead atoms. The van der Waals surface area contributed by atoms with Crippen molar-refractivity contribution in [3.8, 4) is 5.95 Å². The number of hydrazine groups is 1. The Hall–Kier alpha value is -2.51. The van der Waals surface area contributed by atoms with Crippen LogP contribution in [0.1, 0.15) is 37.7 Å². The molecule has 2 aromatic rings. The van der Waals surface area contributed by atoms with Gasteiger partial charge in [0.05, 0.1) is 11.4 Å². The van der Waals surface area contributed by atoms with Crippen molar-refractivity contribution >= 4 is 11.4 Å². The molecule has 0 aliphatic rings. The zero-order chi connectivity index (χ0) is 16.7. The average Bonchev–Trinajstić information content (AvgIpc) is 2.78. The highest BCUT2D eigenvalue weighted by Crippen LogP contribution is 2.33. The van der Waals surface area contributed by atoms with Crippen LogP contribution in [0, 0.1) is 13.8 Å². The SMILES string of the molecule is Cc1nn(C)c(=O)c(NNc2c(C(C)(C)C)noc2[O-])c1C. The Balaban J connectivity index is 2.37. The van der Waals surface area contributed by atoms with Gasteiger partial charge in [0.15, 0.2) is 0 Å². The van der Waals surface area contributed by atoms with E-state index in [9.17, 15) is 9.90 Å². The smallest absolute Gasteiger partial charge is 0.291 e. The van der Waals surface area contributed by atoms with Gasteiger partial charge in [-0.1, -0.05) is 20.8 Å². The van der Waals surface area contributed by atoms with Gasteiger partial charge in [-0.25, -0.2) is 4.68 Å². The maximum atomic E-state index is 12.1. The van der Waals surface area contributed by atoms with Crippen molar-refractivity contribution in [2.75, 3.05) is 10.9 Å². The van der Waals surface area contributed by atoms with E-state index in [1.165, 1.54) is 4.68 Å². The average molecular weight is 306 g/mol. The molecule has 0 fully saturated rings. The van der Waals surface area contributed by atoms with Crippen molar-refractivity contribution in [3.05, 3.63) is 27.3 Å².